The van der Waals surface area contributed by atoms with Gasteiger partial charge in [-0.15, -0.1) is 0 Å². The van der Waals surface area contributed by atoms with Crippen molar-refractivity contribution in [3.05, 3.63) is 35.4 Å². The van der Waals surface area contributed by atoms with Crippen LogP contribution in [-0.2, 0) is 6.18 Å². The summed E-state index contributed by atoms with van der Waals surface area (Å²) in [6, 6.07) is 2.28. The van der Waals surface area contributed by atoms with E-state index in [2.05, 4.69) is 20.3 Å². The van der Waals surface area contributed by atoms with Crippen LogP contribution in [0.5, 0.6) is 11.9 Å². The monoisotopic (exact) mass is 638 g/mol. The predicted octanol–water partition coefficient (Wildman–Crippen LogP) is 5.87. The minimum absolute atomic E-state index is 0.0194. The van der Waals surface area contributed by atoms with Gasteiger partial charge in [-0.2, -0.15) is 23.1 Å². The second-order valence-electron chi connectivity index (χ2n) is 11.7. The van der Waals surface area contributed by atoms with Crippen LogP contribution in [0, 0.1) is 11.6 Å². The molecule has 15 heteroatoms. The fraction of sp³-hybridized carbons (Fsp3) is 0.483. The number of alkyl halides is 4. The van der Waals surface area contributed by atoms with E-state index in [0.717, 1.165) is 42.5 Å². The summed E-state index contributed by atoms with van der Waals surface area (Å²) in [4.78, 5) is 14.6. The molecule has 0 spiro atoms. The Morgan fingerprint density at radius 1 is 1.18 bits per heavy atom. The van der Waals surface area contributed by atoms with Gasteiger partial charge < -0.3 is 20.5 Å². The Morgan fingerprint density at radius 2 is 2.00 bits per heavy atom. The topological polar surface area (TPSA) is 98.4 Å². The normalized spacial score (nSPS) is 25.8. The summed E-state index contributed by atoms with van der Waals surface area (Å²) >= 11 is 0.745. The first-order valence-electron chi connectivity index (χ1n) is 14.3. The molecular weight excluding hydrogens is 610 g/mol. The number of hydrogen-bond donors (Lipinski definition) is 2. The molecule has 7 rings (SSSR count). The zero-order valence-corrected chi connectivity index (χ0v) is 24.3. The first-order chi connectivity index (χ1) is 20.9. The Balaban J connectivity index is 1.41. The molecule has 2 aromatic carbocycles. The molecular formula is C29H28F6N6O2S. The zero-order valence-electron chi connectivity index (χ0n) is 23.5. The fourth-order valence-electron chi connectivity index (χ4n) is 6.80. The van der Waals surface area contributed by atoms with Crippen molar-refractivity contribution in [2.45, 2.75) is 62.6 Å². The van der Waals surface area contributed by atoms with Crippen LogP contribution in [0.25, 0.3) is 32.2 Å². The summed E-state index contributed by atoms with van der Waals surface area (Å²) in [5.41, 5.74) is 2.03. The van der Waals surface area contributed by atoms with E-state index in [1.807, 2.05) is 11.8 Å². The van der Waals surface area contributed by atoms with Crippen molar-refractivity contribution in [3.63, 3.8) is 0 Å². The number of rotatable bonds is 6. The maximum atomic E-state index is 16.6. The molecule has 3 aliphatic rings. The number of hydrogen-bond acceptors (Lipinski definition) is 9. The van der Waals surface area contributed by atoms with E-state index in [0.29, 0.717) is 19.4 Å². The van der Waals surface area contributed by atoms with Crippen molar-refractivity contribution in [1.82, 2.24) is 25.2 Å². The second-order valence-corrected chi connectivity index (χ2v) is 12.7. The van der Waals surface area contributed by atoms with E-state index >= 15 is 4.39 Å². The van der Waals surface area contributed by atoms with E-state index in [4.69, 9.17) is 15.2 Å². The SMILES string of the molecule is C[C@H]1NCC[C@H]1Oc1nc(OCC23CCCN2C[C@H](F)C3)nc2c(F)c(-c3ccc(F)c4sc(N)nc34)c(C(F)(F)F)cc12. The van der Waals surface area contributed by atoms with Gasteiger partial charge in [0.05, 0.1) is 26.7 Å². The van der Waals surface area contributed by atoms with Crippen LogP contribution >= 0.6 is 11.3 Å². The Bertz CT molecular complexity index is 1770. The highest BCUT2D eigenvalue weighted by molar-refractivity contribution is 7.22. The van der Waals surface area contributed by atoms with Crippen molar-refractivity contribution in [2.24, 2.45) is 0 Å². The Kier molecular flexibility index (Phi) is 7.05. The summed E-state index contributed by atoms with van der Waals surface area (Å²) in [6.07, 6.45) is -4.14. The number of aromatic nitrogens is 3. The minimum Gasteiger partial charge on any atom is -0.472 e. The molecule has 3 fully saturated rings. The van der Waals surface area contributed by atoms with Gasteiger partial charge in [-0.25, -0.2) is 18.2 Å². The molecule has 44 heavy (non-hydrogen) atoms. The molecule has 3 N–H and O–H groups in total. The van der Waals surface area contributed by atoms with Crippen LogP contribution in [0.2, 0.25) is 0 Å². The average molecular weight is 639 g/mol. The van der Waals surface area contributed by atoms with Crippen molar-refractivity contribution in [3.8, 4) is 23.0 Å². The van der Waals surface area contributed by atoms with Crippen LogP contribution in [0.4, 0.5) is 31.5 Å². The molecule has 5 heterocycles. The number of anilines is 1. The van der Waals surface area contributed by atoms with Gasteiger partial charge in [-0.3, -0.25) is 4.90 Å². The van der Waals surface area contributed by atoms with Gasteiger partial charge in [0.2, 0.25) is 5.88 Å². The lowest BCUT2D eigenvalue weighted by atomic mass is 9.95. The third-order valence-electron chi connectivity index (χ3n) is 8.91. The molecule has 0 saturated carbocycles. The van der Waals surface area contributed by atoms with E-state index < -0.39 is 52.3 Å². The van der Waals surface area contributed by atoms with Gasteiger partial charge in [0.1, 0.15) is 30.2 Å². The molecule has 4 aromatic rings. The first-order valence-corrected chi connectivity index (χ1v) is 15.1. The second kappa shape index (κ2) is 10.6. The Morgan fingerprint density at radius 3 is 2.75 bits per heavy atom. The lowest BCUT2D eigenvalue weighted by Gasteiger charge is -2.30. The third kappa shape index (κ3) is 4.88. The highest BCUT2D eigenvalue weighted by atomic mass is 32.1. The summed E-state index contributed by atoms with van der Waals surface area (Å²) in [5, 5.41) is 2.82. The Labute approximate surface area is 251 Å². The first kappa shape index (κ1) is 29.3. The van der Waals surface area contributed by atoms with E-state index in [-0.39, 0.29) is 63.8 Å². The fourth-order valence-corrected chi connectivity index (χ4v) is 7.57. The predicted molar refractivity (Wildman–Crippen MR) is 153 cm³/mol. The quantitative estimate of drug-likeness (QED) is 0.253. The maximum absolute atomic E-state index is 16.6. The van der Waals surface area contributed by atoms with Crippen LogP contribution in [-0.4, -0.2) is 69.9 Å². The summed E-state index contributed by atoms with van der Waals surface area (Å²) in [6.45, 7) is 3.50. The van der Waals surface area contributed by atoms with Gasteiger partial charge in [-0.1, -0.05) is 11.3 Å². The lowest BCUT2D eigenvalue weighted by Crippen LogP contribution is -2.43. The molecule has 234 valence electrons. The number of nitrogens with zero attached hydrogens (tertiary/aromatic N) is 4. The number of halogens is 6. The number of nitrogens with two attached hydrogens (primary N) is 1. The Hall–Kier alpha value is -3.43. The minimum atomic E-state index is -5.03. The number of nitrogen functional groups attached to an aromatic ring is 1. The number of ether oxygens (including phenoxy) is 2. The number of nitrogens with one attached hydrogen (secondary N) is 1. The van der Waals surface area contributed by atoms with Gasteiger partial charge in [-0.05, 0) is 57.5 Å². The lowest BCUT2D eigenvalue weighted by molar-refractivity contribution is -0.137. The highest BCUT2D eigenvalue weighted by Crippen LogP contribution is 2.46. The molecule has 2 aromatic heterocycles. The standard InChI is InChI=1S/C29H28F6N6O2S/c1-13-19(5-7-37-13)43-25-16-9-17(29(33,34)35)20(15-3-4-18(31)24-23(15)38-26(36)44-24)21(32)22(16)39-27(40-25)42-12-28-6-2-8-41(28)11-14(30)10-28/h3-4,9,13-14,19,37H,2,5-8,10-12H2,1H3,(H2,36,38)/t13-,14-,19-,28?/m1/s1. The van der Waals surface area contributed by atoms with Crippen LogP contribution in [0.15, 0.2) is 18.2 Å². The summed E-state index contributed by atoms with van der Waals surface area (Å²) in [5.74, 6) is -2.34. The molecule has 0 radical (unpaired) electrons. The van der Waals surface area contributed by atoms with E-state index in [1.54, 1.807) is 0 Å². The molecule has 3 aliphatic heterocycles. The third-order valence-corrected chi connectivity index (χ3v) is 9.80. The highest BCUT2D eigenvalue weighted by Gasteiger charge is 2.49. The van der Waals surface area contributed by atoms with E-state index in [9.17, 15) is 22.0 Å². The van der Waals surface area contributed by atoms with E-state index in [1.165, 1.54) is 0 Å². The van der Waals surface area contributed by atoms with Gasteiger partial charge in [0.15, 0.2) is 10.9 Å². The van der Waals surface area contributed by atoms with Gasteiger partial charge in [0, 0.05) is 30.1 Å². The molecule has 4 atom stereocenters. The molecule has 0 aliphatic carbocycles. The molecule has 0 bridgehead atoms. The molecule has 1 unspecified atom stereocenters. The van der Waals surface area contributed by atoms with Crippen molar-refractivity contribution < 1.29 is 35.8 Å². The molecule has 8 nitrogen and oxygen atoms in total. The summed E-state index contributed by atoms with van der Waals surface area (Å²) < 4.78 is 101. The zero-order chi connectivity index (χ0) is 31.0. The van der Waals surface area contributed by atoms with Gasteiger partial charge >= 0.3 is 12.2 Å². The van der Waals surface area contributed by atoms with Crippen molar-refractivity contribution in [1.29, 1.82) is 0 Å². The maximum Gasteiger partial charge on any atom is 0.417 e. The largest absolute Gasteiger partial charge is 0.472 e. The summed E-state index contributed by atoms with van der Waals surface area (Å²) in [7, 11) is 0. The smallest absolute Gasteiger partial charge is 0.417 e. The number of benzene rings is 2. The van der Waals surface area contributed by atoms with Crippen LogP contribution in [0.3, 0.4) is 0 Å². The van der Waals surface area contributed by atoms with Gasteiger partial charge in [0.25, 0.3) is 0 Å². The average Bonchev–Trinajstić information content (AvgIpc) is 3.72. The molecule has 0 amide bonds. The number of thiazole rings is 1. The van der Waals surface area contributed by atoms with Crippen LogP contribution in [0.1, 0.15) is 38.2 Å². The van der Waals surface area contributed by atoms with Crippen molar-refractivity contribution in [2.75, 3.05) is 32.0 Å². The van der Waals surface area contributed by atoms with Crippen molar-refractivity contribution >= 4 is 37.6 Å². The van der Waals surface area contributed by atoms with Crippen LogP contribution < -0.4 is 20.5 Å². The number of fused-ring (bicyclic) bond motifs is 3. The molecule has 3 saturated heterocycles.